The van der Waals surface area contributed by atoms with Gasteiger partial charge in [0.15, 0.2) is 0 Å². The van der Waals surface area contributed by atoms with E-state index in [2.05, 4.69) is 124 Å². The number of rotatable bonds is 33. The Labute approximate surface area is 479 Å². The van der Waals surface area contributed by atoms with Crippen LogP contribution in [0.3, 0.4) is 0 Å². The van der Waals surface area contributed by atoms with Crippen molar-refractivity contribution in [2.75, 3.05) is 13.1 Å². The summed E-state index contributed by atoms with van der Waals surface area (Å²) in [7, 11) is -0.194. The van der Waals surface area contributed by atoms with Crippen LogP contribution in [-0.4, -0.2) is 53.0 Å². The summed E-state index contributed by atoms with van der Waals surface area (Å²) in [5, 5.41) is 6.31. The van der Waals surface area contributed by atoms with Crippen molar-refractivity contribution >= 4 is 91.8 Å². The molecule has 8 heterocycles. The molecule has 0 bridgehead atoms. The molecule has 12 heteroatoms. The second-order valence-electron chi connectivity index (χ2n) is 22.7. The summed E-state index contributed by atoms with van der Waals surface area (Å²) in [5.74, 6) is 0.880. The predicted octanol–water partition coefficient (Wildman–Crippen LogP) is 19.8. The molecule has 2 unspecified atom stereocenters. The summed E-state index contributed by atoms with van der Waals surface area (Å²) in [5.41, 5.74) is 2.58. The predicted molar refractivity (Wildman–Crippen MR) is 333 cm³/mol. The van der Waals surface area contributed by atoms with Gasteiger partial charge < -0.3 is 19.1 Å². The molecule has 8 rings (SSSR count). The highest BCUT2D eigenvalue weighted by Gasteiger charge is 2.52. The number of carbonyl (C=O) groups is 2. The molecule has 3 aliphatic rings. The number of carbonyl (C=O) groups excluding carboxylic acids is 2. The van der Waals surface area contributed by atoms with E-state index in [-0.39, 0.29) is 30.1 Å². The zero-order chi connectivity index (χ0) is 53.9. The molecule has 1 saturated heterocycles. The Balaban J connectivity index is 0.000000515. The molecule has 0 saturated carbocycles. The standard InChI is InChI=1S/C54H76N2O2S4.C10H15BO2S/c1-5-9-13-17-19-23-29-41(27-21-15-11-7-3)39-55-51(47-35-33-45(61-47)43-31-25-37-59-43)49-50(53(55)57)52(48-36-34-46(62-48)44-32-26-38-60-44)56(54(49)58)40-42(28-22-16-12-8-4)30-24-20-18-14-10-6-2;1-9(2)10(3,4)13-11(12-9)8-6-5-7-14-8/h25-26,31-38,41-42H,5-24,27-30,39-40H2,1-4H3;5-7H,1-4H3. The van der Waals surface area contributed by atoms with Gasteiger partial charge in [0.2, 0.25) is 0 Å². The van der Waals surface area contributed by atoms with Crippen molar-refractivity contribution in [3.05, 3.63) is 97.7 Å². The maximum atomic E-state index is 15.6. The van der Waals surface area contributed by atoms with Crippen molar-refractivity contribution in [1.29, 1.82) is 0 Å². The molecule has 2 amide bonds. The van der Waals surface area contributed by atoms with Gasteiger partial charge in [0, 0.05) is 37.4 Å². The number of amides is 2. The Morgan fingerprint density at radius 2 is 0.776 bits per heavy atom. The van der Waals surface area contributed by atoms with E-state index in [4.69, 9.17) is 9.31 Å². The fourth-order valence-electron chi connectivity index (χ4n) is 11.0. The lowest BCUT2D eigenvalue weighted by molar-refractivity contribution is -0.124. The highest BCUT2D eigenvalue weighted by molar-refractivity contribution is 7.22. The lowest BCUT2D eigenvalue weighted by Gasteiger charge is -2.32. The zero-order valence-electron chi connectivity index (χ0n) is 47.7. The molecule has 0 spiro atoms. The van der Waals surface area contributed by atoms with Crippen molar-refractivity contribution in [2.24, 2.45) is 11.8 Å². The van der Waals surface area contributed by atoms with Crippen molar-refractivity contribution in [3.63, 3.8) is 0 Å². The second-order valence-corrected chi connectivity index (χ2v) is 27.8. The van der Waals surface area contributed by atoms with Gasteiger partial charge in [0.1, 0.15) is 0 Å². The van der Waals surface area contributed by atoms with E-state index in [0.29, 0.717) is 36.1 Å². The molecule has 0 N–H and O–H groups in total. The van der Waals surface area contributed by atoms with E-state index in [9.17, 15) is 0 Å². The number of hydrogen-bond acceptors (Lipinski definition) is 9. The van der Waals surface area contributed by atoms with E-state index in [1.807, 2.05) is 17.5 Å². The molecule has 5 aromatic rings. The molecule has 6 nitrogen and oxygen atoms in total. The van der Waals surface area contributed by atoms with Crippen LogP contribution in [0.15, 0.2) is 88.0 Å². The lowest BCUT2D eigenvalue weighted by atomic mass is 9.88. The van der Waals surface area contributed by atoms with Crippen molar-refractivity contribution in [3.8, 4) is 19.5 Å². The topological polar surface area (TPSA) is 59.1 Å². The van der Waals surface area contributed by atoms with Gasteiger partial charge in [-0.05, 0) is 118 Å². The Morgan fingerprint density at radius 3 is 1.13 bits per heavy atom. The minimum Gasteiger partial charge on any atom is -0.399 e. The van der Waals surface area contributed by atoms with E-state index >= 15 is 9.59 Å². The minimum absolute atomic E-state index is 0.0370. The monoisotopic (exact) mass is 1120 g/mol. The van der Waals surface area contributed by atoms with Gasteiger partial charge in [0.05, 0.1) is 43.5 Å². The largest absolute Gasteiger partial charge is 0.505 e. The van der Waals surface area contributed by atoms with Gasteiger partial charge in [-0.1, -0.05) is 180 Å². The number of nitrogens with zero attached hydrogens (tertiary/aromatic N) is 2. The zero-order valence-corrected chi connectivity index (χ0v) is 51.8. The molecule has 0 aliphatic carbocycles. The number of hydrogen-bond donors (Lipinski definition) is 0. The molecular formula is C64H91BN2O4S5. The third-order valence-corrected chi connectivity index (χ3v) is 21.4. The van der Waals surface area contributed by atoms with E-state index in [1.165, 1.54) is 148 Å². The first-order chi connectivity index (χ1) is 36.9. The van der Waals surface area contributed by atoms with Crippen LogP contribution in [0.1, 0.15) is 219 Å². The molecular weight excluding hydrogens is 1030 g/mol. The van der Waals surface area contributed by atoms with Crippen LogP contribution in [0.2, 0.25) is 0 Å². The summed E-state index contributed by atoms with van der Waals surface area (Å²) in [6, 6.07) is 21.5. The van der Waals surface area contributed by atoms with Gasteiger partial charge in [-0.15, -0.1) is 45.3 Å². The highest BCUT2D eigenvalue weighted by Crippen LogP contribution is 2.51. The quantitative estimate of drug-likeness (QED) is 0.0310. The number of unbranched alkanes of at least 4 members (excludes halogenated alkanes) is 16. The minimum atomic E-state index is -0.234. The maximum Gasteiger partial charge on any atom is 0.505 e. The van der Waals surface area contributed by atoms with Crippen LogP contribution < -0.4 is 4.78 Å². The van der Waals surface area contributed by atoms with Gasteiger partial charge in [-0.3, -0.25) is 9.59 Å². The molecule has 5 aromatic heterocycles. The molecule has 0 radical (unpaired) electrons. The summed E-state index contributed by atoms with van der Waals surface area (Å²) in [4.78, 5) is 42.3. The average Bonchev–Trinajstić information content (AvgIpc) is 4.27. The normalized spacial score (nSPS) is 16.9. The van der Waals surface area contributed by atoms with Crippen LogP contribution in [0, 0.1) is 11.8 Å². The molecule has 1 fully saturated rings. The van der Waals surface area contributed by atoms with Crippen LogP contribution in [0.4, 0.5) is 0 Å². The first kappa shape index (κ1) is 60.5. The van der Waals surface area contributed by atoms with Gasteiger partial charge in [0.25, 0.3) is 11.8 Å². The van der Waals surface area contributed by atoms with Gasteiger partial charge in [-0.25, -0.2) is 0 Å². The highest BCUT2D eigenvalue weighted by atomic mass is 32.1. The summed E-state index contributed by atoms with van der Waals surface area (Å²) in [6.07, 6.45) is 29.7. The Bertz CT molecular complexity index is 2390. The van der Waals surface area contributed by atoms with E-state index in [0.717, 1.165) is 51.6 Å². The fourth-order valence-corrected chi connectivity index (χ4v) is 15.5. The van der Waals surface area contributed by atoms with E-state index < -0.39 is 0 Å². The number of thiophene rings is 5. The molecule has 2 atom stereocenters. The van der Waals surface area contributed by atoms with Crippen LogP contribution in [0.25, 0.3) is 30.9 Å². The molecule has 76 heavy (non-hydrogen) atoms. The van der Waals surface area contributed by atoms with Crippen molar-refractivity contribution in [2.45, 2.75) is 221 Å². The summed E-state index contributed by atoms with van der Waals surface area (Å²) in [6.45, 7) is 18.8. The SMILES string of the molecule is CC1(C)OB(c2cccs2)OC1(C)C.CCCCCCCCC(CCCCCC)CN1C(=O)C2=C(c3ccc(-c4cccs4)s3)N(CC(CCCCCC)CCCCCCCC)C(=O)C2=C1c1ccc(-c2cccs2)s1. The first-order valence-corrected chi connectivity index (χ1v) is 34.0. The van der Waals surface area contributed by atoms with Crippen LogP contribution >= 0.6 is 56.7 Å². The van der Waals surface area contributed by atoms with E-state index in [1.54, 1.807) is 56.7 Å². The average molecular weight is 1120 g/mol. The van der Waals surface area contributed by atoms with Gasteiger partial charge in [-0.2, -0.15) is 11.3 Å². The summed E-state index contributed by atoms with van der Waals surface area (Å²) >= 11 is 8.66. The molecule has 0 aromatic carbocycles. The van der Waals surface area contributed by atoms with Crippen LogP contribution in [-0.2, 0) is 18.9 Å². The van der Waals surface area contributed by atoms with Gasteiger partial charge >= 0.3 is 7.12 Å². The Morgan fingerprint density at radius 1 is 0.434 bits per heavy atom. The van der Waals surface area contributed by atoms with Crippen molar-refractivity contribution in [1.82, 2.24) is 9.80 Å². The Hall–Kier alpha value is -3.10. The third-order valence-electron chi connectivity index (χ3n) is 16.2. The fraction of sp³-hybridized carbons (Fsp3) is 0.594. The van der Waals surface area contributed by atoms with Crippen molar-refractivity contribution < 1.29 is 18.9 Å². The third kappa shape index (κ3) is 16.1. The maximum absolute atomic E-state index is 15.6. The van der Waals surface area contributed by atoms with Crippen LogP contribution in [0.5, 0.6) is 0 Å². The first-order valence-electron chi connectivity index (χ1n) is 29.7. The Kier molecular flexibility index (Phi) is 24.3. The smallest absolute Gasteiger partial charge is 0.399 e. The molecule has 3 aliphatic heterocycles. The second kappa shape index (κ2) is 30.5. The number of fused-ring (bicyclic) bond motifs is 1. The summed E-state index contributed by atoms with van der Waals surface area (Å²) < 4.78 is 12.9. The molecule has 414 valence electrons. The lowest BCUT2D eigenvalue weighted by Crippen LogP contribution is -2.41.